The molecule has 3 nitrogen and oxygen atoms in total. The number of halogens is 1. The summed E-state index contributed by atoms with van der Waals surface area (Å²) in [4.78, 5) is 16.2. The number of hydrogen-bond acceptors (Lipinski definition) is 2. The van der Waals surface area contributed by atoms with Crippen LogP contribution in [0.3, 0.4) is 0 Å². The molecule has 1 aliphatic carbocycles. The molecule has 18 heavy (non-hydrogen) atoms. The zero-order chi connectivity index (χ0) is 13.0. The minimum atomic E-state index is -0.0516. The number of carbonyl (C=O) groups is 1. The van der Waals surface area contributed by atoms with Gasteiger partial charge in [-0.15, -0.1) is 0 Å². The van der Waals surface area contributed by atoms with Crippen LogP contribution in [0.2, 0.25) is 0 Å². The topological polar surface area (TPSA) is 42.0 Å². The van der Waals surface area contributed by atoms with Gasteiger partial charge in [-0.1, -0.05) is 26.2 Å². The molecule has 98 valence electrons. The van der Waals surface area contributed by atoms with Crippen molar-refractivity contribution in [3.63, 3.8) is 0 Å². The van der Waals surface area contributed by atoms with Crippen LogP contribution < -0.4 is 5.32 Å². The number of amides is 1. The number of hydrogen-bond donors (Lipinski definition) is 1. The van der Waals surface area contributed by atoms with Crippen LogP contribution in [0.4, 0.5) is 0 Å². The van der Waals surface area contributed by atoms with E-state index in [-0.39, 0.29) is 5.91 Å². The number of pyridine rings is 1. The first-order chi connectivity index (χ1) is 8.69. The monoisotopic (exact) mass is 310 g/mol. The Morgan fingerprint density at radius 1 is 1.50 bits per heavy atom. The summed E-state index contributed by atoms with van der Waals surface area (Å²) in [6.45, 7) is 2.23. The second-order valence-electron chi connectivity index (χ2n) is 4.97. The van der Waals surface area contributed by atoms with Gasteiger partial charge in [0, 0.05) is 16.7 Å². The van der Waals surface area contributed by atoms with Crippen molar-refractivity contribution >= 4 is 21.8 Å². The Bertz CT molecular complexity index is 405. The normalized spacial score (nSPS) is 23.7. The lowest BCUT2D eigenvalue weighted by atomic mass is 9.84. The molecule has 1 fully saturated rings. The molecule has 1 aromatic heterocycles. The summed E-state index contributed by atoms with van der Waals surface area (Å²) in [7, 11) is 0. The highest BCUT2D eigenvalue weighted by Gasteiger charge is 2.22. The number of nitrogens with one attached hydrogen (secondary N) is 1. The van der Waals surface area contributed by atoms with E-state index < -0.39 is 0 Å². The number of rotatable bonds is 3. The minimum Gasteiger partial charge on any atom is -0.348 e. The van der Waals surface area contributed by atoms with Crippen molar-refractivity contribution < 1.29 is 4.79 Å². The summed E-state index contributed by atoms with van der Waals surface area (Å²) in [5, 5.41) is 3.10. The quantitative estimate of drug-likeness (QED) is 0.927. The largest absolute Gasteiger partial charge is 0.348 e. The number of aromatic nitrogens is 1. The highest BCUT2D eigenvalue weighted by molar-refractivity contribution is 9.10. The summed E-state index contributed by atoms with van der Waals surface area (Å²) in [5.41, 5.74) is 0.497. The lowest BCUT2D eigenvalue weighted by Crippen LogP contribution is -2.38. The molecule has 1 saturated carbocycles. The van der Waals surface area contributed by atoms with Gasteiger partial charge in [0.15, 0.2) is 0 Å². The van der Waals surface area contributed by atoms with E-state index >= 15 is 0 Å². The molecule has 2 unspecified atom stereocenters. The van der Waals surface area contributed by atoms with Gasteiger partial charge < -0.3 is 5.32 Å². The van der Waals surface area contributed by atoms with Crippen molar-refractivity contribution in [3.05, 3.63) is 28.5 Å². The second kappa shape index (κ2) is 6.32. The van der Waals surface area contributed by atoms with Crippen molar-refractivity contribution in [1.82, 2.24) is 10.3 Å². The lowest BCUT2D eigenvalue weighted by Gasteiger charge is -2.28. The zero-order valence-electron chi connectivity index (χ0n) is 10.7. The molecule has 1 amide bonds. The van der Waals surface area contributed by atoms with Crippen LogP contribution in [0, 0.1) is 5.92 Å². The smallest absolute Gasteiger partial charge is 0.270 e. The van der Waals surface area contributed by atoms with Crippen molar-refractivity contribution in [2.45, 2.75) is 45.1 Å². The zero-order valence-corrected chi connectivity index (χ0v) is 12.2. The van der Waals surface area contributed by atoms with Gasteiger partial charge in [0.25, 0.3) is 5.91 Å². The van der Waals surface area contributed by atoms with Gasteiger partial charge in [0.1, 0.15) is 5.69 Å². The average molecular weight is 311 g/mol. The van der Waals surface area contributed by atoms with Crippen molar-refractivity contribution in [2.75, 3.05) is 0 Å². The van der Waals surface area contributed by atoms with E-state index in [9.17, 15) is 4.79 Å². The predicted molar refractivity (Wildman–Crippen MR) is 75.4 cm³/mol. The lowest BCUT2D eigenvalue weighted by molar-refractivity contribution is 0.0914. The Morgan fingerprint density at radius 3 is 3.00 bits per heavy atom. The highest BCUT2D eigenvalue weighted by atomic mass is 79.9. The van der Waals surface area contributed by atoms with E-state index in [1.807, 2.05) is 6.07 Å². The van der Waals surface area contributed by atoms with Gasteiger partial charge in [-0.2, -0.15) is 0 Å². The van der Waals surface area contributed by atoms with Crippen LogP contribution in [0.1, 0.15) is 49.5 Å². The van der Waals surface area contributed by atoms with Gasteiger partial charge in [0.2, 0.25) is 0 Å². The summed E-state index contributed by atoms with van der Waals surface area (Å²) >= 11 is 3.32. The molecule has 0 aliphatic heterocycles. The molecule has 1 aliphatic rings. The maximum absolute atomic E-state index is 12.0. The first-order valence-corrected chi connectivity index (χ1v) is 7.40. The molecule has 0 radical (unpaired) electrons. The fourth-order valence-electron chi connectivity index (χ4n) is 2.56. The molecule has 0 bridgehead atoms. The van der Waals surface area contributed by atoms with Crippen LogP contribution in [-0.2, 0) is 0 Å². The van der Waals surface area contributed by atoms with E-state index in [1.54, 1.807) is 12.3 Å². The highest BCUT2D eigenvalue weighted by Crippen LogP contribution is 2.26. The van der Waals surface area contributed by atoms with Crippen molar-refractivity contribution in [3.8, 4) is 0 Å². The van der Waals surface area contributed by atoms with Crippen LogP contribution in [-0.4, -0.2) is 16.9 Å². The van der Waals surface area contributed by atoms with E-state index in [1.165, 1.54) is 19.3 Å². The van der Waals surface area contributed by atoms with Gasteiger partial charge in [-0.05, 0) is 46.8 Å². The van der Waals surface area contributed by atoms with Gasteiger partial charge in [-0.3, -0.25) is 4.79 Å². The minimum absolute atomic E-state index is 0.0516. The maximum Gasteiger partial charge on any atom is 0.270 e. The predicted octanol–water partition coefficient (Wildman–Crippen LogP) is 3.54. The summed E-state index contributed by atoms with van der Waals surface area (Å²) in [6.07, 6.45) is 7.60. The molecule has 1 N–H and O–H groups in total. The fraction of sp³-hybridized carbons (Fsp3) is 0.571. The first kappa shape index (κ1) is 13.5. The van der Waals surface area contributed by atoms with Gasteiger partial charge in [-0.25, -0.2) is 4.98 Å². The van der Waals surface area contributed by atoms with Crippen LogP contribution >= 0.6 is 15.9 Å². The molecule has 2 atom stereocenters. The molecule has 1 aromatic rings. The Kier molecular flexibility index (Phi) is 4.75. The van der Waals surface area contributed by atoms with Crippen LogP contribution in [0.25, 0.3) is 0 Å². The van der Waals surface area contributed by atoms with Gasteiger partial charge in [0.05, 0.1) is 0 Å². The van der Waals surface area contributed by atoms with Gasteiger partial charge >= 0.3 is 0 Å². The second-order valence-corrected chi connectivity index (χ2v) is 5.89. The Hall–Kier alpha value is -0.900. The summed E-state index contributed by atoms with van der Waals surface area (Å²) < 4.78 is 0.891. The Balaban J connectivity index is 1.92. The number of nitrogens with zero attached hydrogens (tertiary/aromatic N) is 1. The summed E-state index contributed by atoms with van der Waals surface area (Å²) in [5.74, 6) is 0.714. The third-order valence-electron chi connectivity index (χ3n) is 3.66. The Labute approximate surface area is 117 Å². The molecule has 2 rings (SSSR count). The number of carbonyl (C=O) groups excluding carboxylic acids is 1. The third-order valence-corrected chi connectivity index (χ3v) is 4.12. The summed E-state index contributed by atoms with van der Waals surface area (Å²) in [6, 6.07) is 3.92. The average Bonchev–Trinajstić information content (AvgIpc) is 2.39. The molecular weight excluding hydrogens is 292 g/mol. The SMILES string of the molecule is CCC1CCCC(NC(=O)c2ccc(Br)cn2)C1. The standard InChI is InChI=1S/C14H19BrN2O/c1-2-10-4-3-5-12(8-10)17-14(18)13-7-6-11(15)9-16-13/h6-7,9-10,12H,2-5,8H2,1H3,(H,17,18). The van der Waals surface area contributed by atoms with E-state index in [0.29, 0.717) is 11.7 Å². The van der Waals surface area contributed by atoms with Crippen LogP contribution in [0.15, 0.2) is 22.8 Å². The van der Waals surface area contributed by atoms with Crippen molar-refractivity contribution in [1.29, 1.82) is 0 Å². The third kappa shape index (κ3) is 3.55. The molecule has 0 spiro atoms. The van der Waals surface area contributed by atoms with E-state index in [0.717, 1.165) is 23.2 Å². The molecule has 0 saturated heterocycles. The first-order valence-electron chi connectivity index (χ1n) is 6.61. The molecule has 4 heteroatoms. The van der Waals surface area contributed by atoms with Crippen LogP contribution in [0.5, 0.6) is 0 Å². The maximum atomic E-state index is 12.0. The molecular formula is C14H19BrN2O. The Morgan fingerprint density at radius 2 is 2.33 bits per heavy atom. The fourth-order valence-corrected chi connectivity index (χ4v) is 2.80. The molecule has 1 heterocycles. The van der Waals surface area contributed by atoms with E-state index in [2.05, 4.69) is 33.2 Å². The molecule has 0 aromatic carbocycles. The van der Waals surface area contributed by atoms with Crippen molar-refractivity contribution in [2.24, 2.45) is 5.92 Å². The van der Waals surface area contributed by atoms with E-state index in [4.69, 9.17) is 0 Å².